The van der Waals surface area contributed by atoms with Crippen LogP contribution < -0.4 is 0 Å². The number of phenols is 1. The molecule has 1 heterocycles. The molecule has 1 aromatic rings. The lowest BCUT2D eigenvalue weighted by atomic mass is 9.93. The number of likely N-dealkylation sites (tertiary alicyclic amines) is 1. The average molecular weight is 277 g/mol. The van der Waals surface area contributed by atoms with E-state index in [4.69, 9.17) is 5.11 Å². The van der Waals surface area contributed by atoms with Gasteiger partial charge in [-0.25, -0.2) is 0 Å². The zero-order chi connectivity index (χ0) is 14.5. The van der Waals surface area contributed by atoms with Crippen molar-refractivity contribution < 1.29 is 19.8 Å². The van der Waals surface area contributed by atoms with Crippen LogP contribution in [0.1, 0.15) is 30.9 Å². The normalized spacial score (nSPS) is 18.6. The van der Waals surface area contributed by atoms with Crippen LogP contribution in [0.3, 0.4) is 0 Å². The van der Waals surface area contributed by atoms with Crippen LogP contribution in [0.5, 0.6) is 5.75 Å². The molecular weight excluding hydrogens is 258 g/mol. The van der Waals surface area contributed by atoms with E-state index in [9.17, 15) is 14.7 Å². The fourth-order valence-corrected chi connectivity index (χ4v) is 2.78. The molecule has 5 nitrogen and oxygen atoms in total. The number of carbonyl (C=O) groups excluding carboxylic acids is 1. The molecule has 1 unspecified atom stereocenters. The minimum absolute atomic E-state index is 0.0886. The molecule has 0 amide bonds. The van der Waals surface area contributed by atoms with E-state index in [1.54, 1.807) is 18.2 Å². The largest absolute Gasteiger partial charge is 0.508 e. The molecule has 2 N–H and O–H groups in total. The Kier molecular flexibility index (Phi) is 4.74. The minimum Gasteiger partial charge on any atom is -0.508 e. The number of carboxylic acid groups (broad SMARTS) is 1. The fourth-order valence-electron chi connectivity index (χ4n) is 2.78. The highest BCUT2D eigenvalue weighted by Gasteiger charge is 2.29. The smallest absolute Gasteiger partial charge is 0.306 e. The van der Waals surface area contributed by atoms with Crippen molar-refractivity contribution in [3.8, 4) is 5.75 Å². The molecule has 2 rings (SSSR count). The Morgan fingerprint density at radius 2 is 2.10 bits per heavy atom. The van der Waals surface area contributed by atoms with E-state index in [1.807, 2.05) is 6.07 Å². The zero-order valence-electron chi connectivity index (χ0n) is 11.2. The van der Waals surface area contributed by atoms with Crippen LogP contribution in [-0.4, -0.2) is 40.5 Å². The number of rotatable bonds is 5. The van der Waals surface area contributed by atoms with Gasteiger partial charge in [-0.15, -0.1) is 0 Å². The van der Waals surface area contributed by atoms with Crippen molar-refractivity contribution in [2.45, 2.75) is 25.3 Å². The molecule has 0 radical (unpaired) electrons. The Balaban J connectivity index is 2.10. The summed E-state index contributed by atoms with van der Waals surface area (Å²) in [5.41, 5.74) is 0.894. The van der Waals surface area contributed by atoms with Crippen LogP contribution in [0.4, 0.5) is 0 Å². The van der Waals surface area contributed by atoms with Crippen molar-refractivity contribution in [2.24, 2.45) is 5.92 Å². The number of aliphatic carboxylic acids is 1. The van der Waals surface area contributed by atoms with Gasteiger partial charge in [-0.2, -0.15) is 0 Å². The standard InChI is InChI=1S/C15H19NO4/c17-9-6-14(12-2-1-3-13(18)10-12)16-7-4-11(5-8-16)15(19)20/h1-3,9-11,14,18H,4-8H2,(H,19,20). The van der Waals surface area contributed by atoms with Gasteiger partial charge in [0.2, 0.25) is 0 Å². The maximum atomic E-state index is 11.0. The zero-order valence-corrected chi connectivity index (χ0v) is 11.2. The molecule has 20 heavy (non-hydrogen) atoms. The first-order chi connectivity index (χ1) is 9.61. The summed E-state index contributed by atoms with van der Waals surface area (Å²) in [5.74, 6) is -0.847. The Bertz CT molecular complexity index is 481. The van der Waals surface area contributed by atoms with Crippen molar-refractivity contribution in [3.05, 3.63) is 29.8 Å². The molecule has 5 heteroatoms. The summed E-state index contributed by atoms with van der Waals surface area (Å²) in [6.07, 6.45) is 2.42. The number of aromatic hydroxyl groups is 1. The molecule has 1 aromatic carbocycles. The van der Waals surface area contributed by atoms with Crippen molar-refractivity contribution in [1.82, 2.24) is 4.90 Å². The molecular formula is C15H19NO4. The Morgan fingerprint density at radius 3 is 2.65 bits per heavy atom. The van der Waals surface area contributed by atoms with E-state index in [0.29, 0.717) is 32.4 Å². The summed E-state index contributed by atoms with van der Waals surface area (Å²) in [4.78, 5) is 24.0. The molecule has 1 saturated heterocycles. The first kappa shape index (κ1) is 14.5. The third kappa shape index (κ3) is 3.36. The molecule has 0 spiro atoms. The molecule has 108 valence electrons. The van der Waals surface area contributed by atoms with Gasteiger partial charge < -0.3 is 15.0 Å². The predicted octanol–water partition coefficient (Wildman–Crippen LogP) is 1.82. The predicted molar refractivity (Wildman–Crippen MR) is 73.5 cm³/mol. The molecule has 0 saturated carbocycles. The lowest BCUT2D eigenvalue weighted by Crippen LogP contribution is -2.39. The highest BCUT2D eigenvalue weighted by atomic mass is 16.4. The fraction of sp³-hybridized carbons (Fsp3) is 0.467. The van der Waals surface area contributed by atoms with Gasteiger partial charge in [0.05, 0.1) is 5.92 Å². The highest BCUT2D eigenvalue weighted by molar-refractivity contribution is 5.70. The second kappa shape index (κ2) is 6.52. The van der Waals surface area contributed by atoms with E-state index < -0.39 is 5.97 Å². The number of piperidine rings is 1. The van der Waals surface area contributed by atoms with Crippen LogP contribution in [-0.2, 0) is 9.59 Å². The van der Waals surface area contributed by atoms with E-state index in [2.05, 4.69) is 4.90 Å². The highest BCUT2D eigenvalue weighted by Crippen LogP contribution is 2.30. The van der Waals surface area contributed by atoms with Gasteiger partial charge >= 0.3 is 5.97 Å². The SMILES string of the molecule is O=CCC(c1cccc(O)c1)N1CCC(C(=O)O)CC1. The topological polar surface area (TPSA) is 77.8 Å². The van der Waals surface area contributed by atoms with Gasteiger partial charge in [-0.05, 0) is 43.6 Å². The molecule has 1 aliphatic rings. The van der Waals surface area contributed by atoms with Crippen molar-refractivity contribution in [2.75, 3.05) is 13.1 Å². The summed E-state index contributed by atoms with van der Waals surface area (Å²) in [6, 6.07) is 6.81. The van der Waals surface area contributed by atoms with E-state index in [0.717, 1.165) is 11.8 Å². The summed E-state index contributed by atoms with van der Waals surface area (Å²) < 4.78 is 0. The van der Waals surface area contributed by atoms with E-state index in [-0.39, 0.29) is 17.7 Å². The average Bonchev–Trinajstić information content (AvgIpc) is 2.45. The maximum Gasteiger partial charge on any atom is 0.306 e. The third-order valence-electron chi connectivity index (χ3n) is 3.89. The van der Waals surface area contributed by atoms with E-state index in [1.165, 1.54) is 0 Å². The number of carboxylic acids is 1. The number of aldehydes is 1. The monoisotopic (exact) mass is 277 g/mol. The van der Waals surface area contributed by atoms with Crippen LogP contribution in [0.2, 0.25) is 0 Å². The number of hydrogen-bond acceptors (Lipinski definition) is 4. The second-order valence-corrected chi connectivity index (χ2v) is 5.16. The second-order valence-electron chi connectivity index (χ2n) is 5.16. The molecule has 1 aliphatic heterocycles. The van der Waals surface area contributed by atoms with Crippen molar-refractivity contribution >= 4 is 12.3 Å². The van der Waals surface area contributed by atoms with E-state index >= 15 is 0 Å². The maximum absolute atomic E-state index is 11.0. The minimum atomic E-state index is -0.742. The summed E-state index contributed by atoms with van der Waals surface area (Å²) in [7, 11) is 0. The van der Waals surface area contributed by atoms with Gasteiger partial charge in [0, 0.05) is 12.5 Å². The van der Waals surface area contributed by atoms with Gasteiger partial charge in [0.15, 0.2) is 0 Å². The molecule has 1 atom stereocenters. The summed E-state index contributed by atoms with van der Waals surface area (Å²) in [6.45, 7) is 1.32. The quantitative estimate of drug-likeness (QED) is 0.803. The Hall–Kier alpha value is -1.88. The summed E-state index contributed by atoms with van der Waals surface area (Å²) in [5, 5.41) is 18.6. The lowest BCUT2D eigenvalue weighted by molar-refractivity contribution is -0.143. The van der Waals surface area contributed by atoms with Gasteiger partial charge in [0.1, 0.15) is 12.0 Å². The van der Waals surface area contributed by atoms with Crippen LogP contribution in [0.15, 0.2) is 24.3 Å². The number of benzene rings is 1. The molecule has 1 fully saturated rings. The first-order valence-corrected chi connectivity index (χ1v) is 6.81. The number of carbonyl (C=O) groups is 2. The number of nitrogens with zero attached hydrogens (tertiary/aromatic N) is 1. The summed E-state index contributed by atoms with van der Waals surface area (Å²) >= 11 is 0. The Morgan fingerprint density at radius 1 is 1.40 bits per heavy atom. The molecule has 0 aromatic heterocycles. The molecule has 0 aliphatic carbocycles. The van der Waals surface area contributed by atoms with Crippen LogP contribution in [0.25, 0.3) is 0 Å². The van der Waals surface area contributed by atoms with Crippen LogP contribution in [0, 0.1) is 5.92 Å². The van der Waals surface area contributed by atoms with Crippen molar-refractivity contribution in [3.63, 3.8) is 0 Å². The number of phenolic OH excluding ortho intramolecular Hbond substituents is 1. The molecule has 0 bridgehead atoms. The third-order valence-corrected chi connectivity index (χ3v) is 3.89. The van der Waals surface area contributed by atoms with Gasteiger partial charge in [0.25, 0.3) is 0 Å². The first-order valence-electron chi connectivity index (χ1n) is 6.81. The number of hydrogen-bond donors (Lipinski definition) is 2. The lowest BCUT2D eigenvalue weighted by Gasteiger charge is -2.36. The van der Waals surface area contributed by atoms with Gasteiger partial charge in [-0.1, -0.05) is 12.1 Å². The van der Waals surface area contributed by atoms with Crippen molar-refractivity contribution in [1.29, 1.82) is 0 Å². The Labute approximate surface area is 117 Å². The van der Waals surface area contributed by atoms with Gasteiger partial charge in [-0.3, -0.25) is 9.69 Å². The van der Waals surface area contributed by atoms with Crippen LogP contribution >= 0.6 is 0 Å².